The number of hydrogen-bond acceptors (Lipinski definition) is 2. The van der Waals surface area contributed by atoms with Crippen LogP contribution in [0.3, 0.4) is 0 Å². The minimum atomic E-state index is 1.01. The number of aryl methyl sites for hydroxylation is 2. The third kappa shape index (κ3) is 1.00. The van der Waals surface area contributed by atoms with Gasteiger partial charge in [-0.25, -0.2) is 0 Å². The second-order valence-electron chi connectivity index (χ2n) is 3.81. The van der Waals surface area contributed by atoms with Gasteiger partial charge in [0.15, 0.2) is 0 Å². The summed E-state index contributed by atoms with van der Waals surface area (Å²) in [5, 5.41) is 9.47. The van der Waals surface area contributed by atoms with E-state index in [1.807, 2.05) is 18.5 Å². The van der Waals surface area contributed by atoms with E-state index in [0.717, 1.165) is 11.0 Å². The highest BCUT2D eigenvalue weighted by atomic mass is 15.1. The van der Waals surface area contributed by atoms with Crippen LogP contribution in [0, 0.1) is 13.8 Å². The number of H-pyrrole nitrogens is 1. The van der Waals surface area contributed by atoms with Gasteiger partial charge in [0.1, 0.15) is 0 Å². The van der Waals surface area contributed by atoms with E-state index in [1.54, 1.807) is 0 Å². The summed E-state index contributed by atoms with van der Waals surface area (Å²) in [6.07, 6.45) is 3.68. The molecule has 3 heteroatoms. The van der Waals surface area contributed by atoms with Crippen LogP contribution in [0.5, 0.6) is 0 Å². The van der Waals surface area contributed by atoms with Gasteiger partial charge in [-0.2, -0.15) is 5.10 Å². The van der Waals surface area contributed by atoms with Gasteiger partial charge in [0, 0.05) is 17.0 Å². The molecule has 0 saturated carbocycles. The molecule has 0 spiro atoms. The molecule has 3 rings (SSSR count). The lowest BCUT2D eigenvalue weighted by Gasteiger charge is -2.06. The van der Waals surface area contributed by atoms with Crippen LogP contribution in [-0.2, 0) is 0 Å². The minimum Gasteiger partial charge on any atom is -0.276 e. The number of aromatic amines is 1. The molecule has 0 aliphatic carbocycles. The monoisotopic (exact) mass is 197 g/mol. The summed E-state index contributed by atoms with van der Waals surface area (Å²) in [5.41, 5.74) is 4.60. The Morgan fingerprint density at radius 1 is 1.13 bits per heavy atom. The van der Waals surface area contributed by atoms with Crippen molar-refractivity contribution in [1.29, 1.82) is 0 Å². The van der Waals surface area contributed by atoms with E-state index in [9.17, 15) is 0 Å². The molecule has 0 unspecified atom stereocenters. The fourth-order valence-corrected chi connectivity index (χ4v) is 2.06. The van der Waals surface area contributed by atoms with Crippen LogP contribution in [0.1, 0.15) is 11.1 Å². The highest BCUT2D eigenvalue weighted by molar-refractivity contribution is 6.06. The number of nitrogens with one attached hydrogen (secondary N) is 1. The van der Waals surface area contributed by atoms with Crippen molar-refractivity contribution in [1.82, 2.24) is 15.2 Å². The minimum absolute atomic E-state index is 1.01. The van der Waals surface area contributed by atoms with Crippen molar-refractivity contribution < 1.29 is 0 Å². The third-order valence-corrected chi connectivity index (χ3v) is 3.05. The maximum Gasteiger partial charge on any atom is 0.0961 e. The number of aromatic nitrogens is 3. The van der Waals surface area contributed by atoms with Crippen molar-refractivity contribution in [3.63, 3.8) is 0 Å². The number of pyridine rings is 1. The molecule has 74 valence electrons. The molecular weight excluding hydrogens is 186 g/mol. The Hall–Kier alpha value is -1.90. The largest absolute Gasteiger partial charge is 0.276 e. The summed E-state index contributed by atoms with van der Waals surface area (Å²) in [6, 6.07) is 4.07. The smallest absolute Gasteiger partial charge is 0.0961 e. The quantitative estimate of drug-likeness (QED) is 0.602. The fourth-order valence-electron chi connectivity index (χ4n) is 2.06. The van der Waals surface area contributed by atoms with Crippen LogP contribution in [0.4, 0.5) is 0 Å². The van der Waals surface area contributed by atoms with E-state index in [-0.39, 0.29) is 0 Å². The molecular formula is C12H11N3. The standard InChI is InChI=1S/C12H11N3/c1-7-8(2)10-6-14-15-12(10)11-9(7)4-3-5-13-11/h3-6H,1-2H3,(H,14,15). The molecule has 1 aromatic carbocycles. The average molecular weight is 197 g/mol. The van der Waals surface area contributed by atoms with E-state index < -0.39 is 0 Å². The number of benzene rings is 1. The first kappa shape index (κ1) is 8.41. The predicted molar refractivity (Wildman–Crippen MR) is 60.9 cm³/mol. The van der Waals surface area contributed by atoms with Crippen LogP contribution < -0.4 is 0 Å². The van der Waals surface area contributed by atoms with Crippen LogP contribution in [0.2, 0.25) is 0 Å². The zero-order valence-electron chi connectivity index (χ0n) is 8.70. The SMILES string of the molecule is Cc1c(C)c2cn[nH]c2c2ncccc12. The van der Waals surface area contributed by atoms with Crippen molar-refractivity contribution in [2.45, 2.75) is 13.8 Å². The molecule has 1 N–H and O–H groups in total. The number of nitrogens with zero attached hydrogens (tertiary/aromatic N) is 2. The molecule has 15 heavy (non-hydrogen) atoms. The van der Waals surface area contributed by atoms with Crippen LogP contribution in [-0.4, -0.2) is 15.2 Å². The fraction of sp³-hybridized carbons (Fsp3) is 0.167. The first-order valence-electron chi connectivity index (χ1n) is 4.96. The molecule has 0 aliphatic rings. The van der Waals surface area contributed by atoms with Gasteiger partial charge in [-0.3, -0.25) is 10.1 Å². The average Bonchev–Trinajstić information content (AvgIpc) is 2.75. The van der Waals surface area contributed by atoms with Gasteiger partial charge >= 0.3 is 0 Å². The van der Waals surface area contributed by atoms with Gasteiger partial charge in [0.2, 0.25) is 0 Å². The molecule has 0 amide bonds. The number of rotatable bonds is 0. The van der Waals surface area contributed by atoms with Crippen molar-refractivity contribution in [3.8, 4) is 0 Å². The molecule has 0 bridgehead atoms. The van der Waals surface area contributed by atoms with E-state index >= 15 is 0 Å². The highest BCUT2D eigenvalue weighted by Crippen LogP contribution is 2.28. The molecule has 0 aliphatic heterocycles. The highest BCUT2D eigenvalue weighted by Gasteiger charge is 2.09. The molecule has 3 aromatic rings. The lowest BCUT2D eigenvalue weighted by molar-refractivity contribution is 1.12. The Morgan fingerprint density at radius 3 is 2.80 bits per heavy atom. The van der Waals surface area contributed by atoms with Gasteiger partial charge in [-0.05, 0) is 31.0 Å². The van der Waals surface area contributed by atoms with Gasteiger partial charge in [-0.15, -0.1) is 0 Å². The lowest BCUT2D eigenvalue weighted by Crippen LogP contribution is -1.88. The zero-order valence-corrected chi connectivity index (χ0v) is 8.70. The molecule has 2 aromatic heterocycles. The van der Waals surface area contributed by atoms with E-state index in [1.165, 1.54) is 21.9 Å². The van der Waals surface area contributed by atoms with Crippen LogP contribution in [0.15, 0.2) is 24.5 Å². The van der Waals surface area contributed by atoms with Crippen LogP contribution in [0.25, 0.3) is 21.8 Å². The van der Waals surface area contributed by atoms with E-state index in [4.69, 9.17) is 0 Å². The Morgan fingerprint density at radius 2 is 1.93 bits per heavy atom. The summed E-state index contributed by atoms with van der Waals surface area (Å²) >= 11 is 0. The Labute approximate surface area is 87.1 Å². The maximum absolute atomic E-state index is 4.41. The normalized spacial score (nSPS) is 11.3. The Kier molecular flexibility index (Phi) is 1.57. The van der Waals surface area contributed by atoms with E-state index in [2.05, 4.69) is 35.1 Å². The molecule has 3 nitrogen and oxygen atoms in total. The first-order valence-corrected chi connectivity index (χ1v) is 4.96. The molecule has 0 atom stereocenters. The maximum atomic E-state index is 4.41. The molecule has 0 fully saturated rings. The van der Waals surface area contributed by atoms with Crippen molar-refractivity contribution in [2.75, 3.05) is 0 Å². The summed E-state index contributed by atoms with van der Waals surface area (Å²) in [6.45, 7) is 4.26. The number of fused-ring (bicyclic) bond motifs is 3. The van der Waals surface area contributed by atoms with Gasteiger partial charge in [0.25, 0.3) is 0 Å². The van der Waals surface area contributed by atoms with E-state index in [0.29, 0.717) is 0 Å². The van der Waals surface area contributed by atoms with Gasteiger partial charge < -0.3 is 0 Å². The predicted octanol–water partition coefficient (Wildman–Crippen LogP) is 2.73. The summed E-state index contributed by atoms with van der Waals surface area (Å²) in [4.78, 5) is 4.41. The second-order valence-corrected chi connectivity index (χ2v) is 3.81. The number of hydrogen-bond donors (Lipinski definition) is 1. The van der Waals surface area contributed by atoms with Crippen molar-refractivity contribution >= 4 is 21.8 Å². The summed E-state index contributed by atoms with van der Waals surface area (Å²) in [5.74, 6) is 0. The zero-order chi connectivity index (χ0) is 10.4. The molecule has 0 radical (unpaired) electrons. The van der Waals surface area contributed by atoms with Crippen molar-refractivity contribution in [3.05, 3.63) is 35.7 Å². The van der Waals surface area contributed by atoms with Crippen LogP contribution >= 0.6 is 0 Å². The lowest BCUT2D eigenvalue weighted by atomic mass is 10.0. The Bertz CT molecular complexity index is 652. The topological polar surface area (TPSA) is 41.6 Å². The third-order valence-electron chi connectivity index (χ3n) is 3.05. The Balaban J connectivity index is 2.70. The first-order chi connectivity index (χ1) is 7.29. The molecule has 0 saturated heterocycles. The second kappa shape index (κ2) is 2.79. The van der Waals surface area contributed by atoms with Gasteiger partial charge in [-0.1, -0.05) is 6.07 Å². The summed E-state index contributed by atoms with van der Waals surface area (Å²) < 4.78 is 0. The molecule has 2 heterocycles. The van der Waals surface area contributed by atoms with Gasteiger partial charge in [0.05, 0.1) is 17.2 Å². The summed E-state index contributed by atoms with van der Waals surface area (Å²) in [7, 11) is 0. The van der Waals surface area contributed by atoms with Crippen molar-refractivity contribution in [2.24, 2.45) is 0 Å².